The highest BCUT2D eigenvalue weighted by Gasteiger charge is 2.51. The van der Waals surface area contributed by atoms with E-state index in [2.05, 4.69) is 6.92 Å². The minimum absolute atomic E-state index is 0.205. The predicted octanol–water partition coefficient (Wildman–Crippen LogP) is 5.97. The lowest BCUT2D eigenvalue weighted by Gasteiger charge is -2.39. The molecule has 0 aromatic heterocycles. The zero-order valence-electron chi connectivity index (χ0n) is 24.8. The molecule has 0 radical (unpaired) electrons. The number of ether oxygens (including phenoxy) is 5. The highest BCUT2D eigenvalue weighted by atomic mass is 16.7. The van der Waals surface area contributed by atoms with Gasteiger partial charge >= 0.3 is 17.9 Å². The summed E-state index contributed by atoms with van der Waals surface area (Å²) in [6.07, 6.45) is 0.456. The molecular weight excluding hydrogens is 564 g/mol. The topological polar surface area (TPSA) is 114 Å². The summed E-state index contributed by atoms with van der Waals surface area (Å²) in [5.74, 6) is -2.90. The first kappa shape index (κ1) is 32.6. The van der Waals surface area contributed by atoms with Crippen molar-refractivity contribution in [2.45, 2.75) is 70.1 Å². The van der Waals surface area contributed by atoms with Crippen molar-refractivity contribution in [2.75, 3.05) is 13.2 Å². The SMILES string of the molecule is CCCCCCCCO[C@@H]1O[C@H](COC(=O)c2ccccc2)[C@@H](OC(=O)c2ccccc2)[C@H](OC(=O)c2ccccc2)C1=O. The Kier molecular flexibility index (Phi) is 12.6. The Morgan fingerprint density at radius 1 is 0.659 bits per heavy atom. The van der Waals surface area contributed by atoms with Crippen LogP contribution in [-0.4, -0.2) is 61.5 Å². The molecule has 44 heavy (non-hydrogen) atoms. The highest BCUT2D eigenvalue weighted by Crippen LogP contribution is 2.27. The van der Waals surface area contributed by atoms with Crippen LogP contribution in [-0.2, 0) is 28.5 Å². The van der Waals surface area contributed by atoms with Gasteiger partial charge in [-0.25, -0.2) is 14.4 Å². The van der Waals surface area contributed by atoms with E-state index >= 15 is 0 Å². The molecule has 1 aliphatic heterocycles. The van der Waals surface area contributed by atoms with Crippen LogP contribution in [0.1, 0.15) is 76.5 Å². The smallest absolute Gasteiger partial charge is 0.338 e. The number of hydrogen-bond donors (Lipinski definition) is 0. The Hall–Kier alpha value is -4.34. The van der Waals surface area contributed by atoms with Crippen LogP contribution in [0.5, 0.6) is 0 Å². The zero-order chi connectivity index (χ0) is 31.1. The van der Waals surface area contributed by atoms with E-state index < -0.39 is 54.9 Å². The van der Waals surface area contributed by atoms with Crippen LogP contribution in [0.4, 0.5) is 0 Å². The lowest BCUT2D eigenvalue weighted by Crippen LogP contribution is -2.60. The first-order chi connectivity index (χ1) is 21.5. The third-order valence-corrected chi connectivity index (χ3v) is 7.13. The molecule has 9 nitrogen and oxygen atoms in total. The van der Waals surface area contributed by atoms with Gasteiger partial charge in [-0.2, -0.15) is 0 Å². The van der Waals surface area contributed by atoms with E-state index in [0.717, 1.165) is 32.1 Å². The summed E-state index contributed by atoms with van der Waals surface area (Å²) in [7, 11) is 0. The Morgan fingerprint density at radius 3 is 1.73 bits per heavy atom. The van der Waals surface area contributed by atoms with Crippen LogP contribution < -0.4 is 0 Å². The van der Waals surface area contributed by atoms with Crippen LogP contribution >= 0.6 is 0 Å². The highest BCUT2D eigenvalue weighted by molar-refractivity contribution is 5.95. The molecule has 232 valence electrons. The predicted molar refractivity (Wildman–Crippen MR) is 161 cm³/mol. The molecule has 1 aliphatic rings. The summed E-state index contributed by atoms with van der Waals surface area (Å²) >= 11 is 0. The van der Waals surface area contributed by atoms with Crippen molar-refractivity contribution in [3.63, 3.8) is 0 Å². The molecule has 4 atom stereocenters. The molecular formula is C35H38O9. The lowest BCUT2D eigenvalue weighted by atomic mass is 9.99. The second-order valence-electron chi connectivity index (χ2n) is 10.4. The molecule has 0 N–H and O–H groups in total. The van der Waals surface area contributed by atoms with Gasteiger partial charge in [-0.05, 0) is 42.8 Å². The van der Waals surface area contributed by atoms with E-state index in [0.29, 0.717) is 12.0 Å². The van der Waals surface area contributed by atoms with Gasteiger partial charge in [-0.1, -0.05) is 93.6 Å². The largest absolute Gasteiger partial charge is 0.459 e. The molecule has 3 aromatic rings. The van der Waals surface area contributed by atoms with Crippen molar-refractivity contribution in [3.05, 3.63) is 108 Å². The van der Waals surface area contributed by atoms with E-state index in [1.165, 1.54) is 0 Å². The maximum absolute atomic E-state index is 13.7. The summed E-state index contributed by atoms with van der Waals surface area (Å²) in [5.41, 5.74) is 0.728. The van der Waals surface area contributed by atoms with Crippen molar-refractivity contribution in [1.29, 1.82) is 0 Å². The van der Waals surface area contributed by atoms with Gasteiger partial charge in [0.2, 0.25) is 18.2 Å². The van der Waals surface area contributed by atoms with E-state index in [9.17, 15) is 19.2 Å². The number of rotatable bonds is 15. The lowest BCUT2D eigenvalue weighted by molar-refractivity contribution is -0.239. The standard InChI is InChI=1S/C35H38O9/c1-2-3-4-5-6-16-23-40-35-29(36)31(44-34(39)27-21-14-9-15-22-27)30(43-33(38)26-19-12-8-13-20-26)28(42-35)24-41-32(37)25-17-10-7-11-18-25/h7-15,17-22,28,30-31,35H,2-6,16,23-24H2,1H3/t28-,30-,31-,35-/m1/s1. The molecule has 1 fully saturated rings. The van der Waals surface area contributed by atoms with Crippen LogP contribution in [0.25, 0.3) is 0 Å². The normalized spacial score (nSPS) is 19.6. The Labute approximate surface area is 257 Å². The second kappa shape index (κ2) is 17.1. The third-order valence-electron chi connectivity index (χ3n) is 7.13. The summed E-state index contributed by atoms with van der Waals surface area (Å²) in [5, 5.41) is 0. The van der Waals surface area contributed by atoms with Crippen molar-refractivity contribution in [3.8, 4) is 0 Å². The molecule has 1 heterocycles. The molecule has 0 aliphatic carbocycles. The number of carbonyl (C=O) groups excluding carboxylic acids is 4. The zero-order valence-corrected chi connectivity index (χ0v) is 24.8. The van der Waals surface area contributed by atoms with E-state index in [1.54, 1.807) is 91.0 Å². The second-order valence-corrected chi connectivity index (χ2v) is 10.4. The van der Waals surface area contributed by atoms with Gasteiger partial charge < -0.3 is 23.7 Å². The fourth-order valence-corrected chi connectivity index (χ4v) is 4.72. The van der Waals surface area contributed by atoms with Crippen LogP contribution in [0.2, 0.25) is 0 Å². The molecule has 0 spiro atoms. The number of esters is 3. The molecule has 0 unspecified atom stereocenters. The van der Waals surface area contributed by atoms with Crippen molar-refractivity contribution < 1.29 is 42.9 Å². The minimum Gasteiger partial charge on any atom is -0.459 e. The Bertz CT molecular complexity index is 1340. The Morgan fingerprint density at radius 2 is 1.16 bits per heavy atom. The molecule has 0 saturated carbocycles. The number of Topliss-reactive ketones (excluding diaryl/α,β-unsaturated/α-hetero) is 1. The third kappa shape index (κ3) is 9.33. The molecule has 4 rings (SSSR count). The first-order valence-electron chi connectivity index (χ1n) is 15.0. The van der Waals surface area contributed by atoms with Crippen LogP contribution in [0.15, 0.2) is 91.0 Å². The van der Waals surface area contributed by atoms with Crippen molar-refractivity contribution in [2.24, 2.45) is 0 Å². The molecule has 9 heteroatoms. The molecule has 3 aromatic carbocycles. The quantitative estimate of drug-likeness (QED) is 0.118. The van der Waals surface area contributed by atoms with Gasteiger partial charge in [-0.3, -0.25) is 4.79 Å². The van der Waals surface area contributed by atoms with E-state index in [1.807, 2.05) is 0 Å². The summed E-state index contributed by atoms with van der Waals surface area (Å²) in [6, 6.07) is 24.7. The number of carbonyl (C=O) groups is 4. The van der Waals surface area contributed by atoms with Crippen LogP contribution in [0, 0.1) is 0 Å². The average Bonchev–Trinajstić information content (AvgIpc) is 3.07. The van der Waals surface area contributed by atoms with E-state index in [-0.39, 0.29) is 17.7 Å². The first-order valence-corrected chi connectivity index (χ1v) is 15.0. The molecule has 1 saturated heterocycles. The number of benzene rings is 3. The number of hydrogen-bond acceptors (Lipinski definition) is 9. The van der Waals surface area contributed by atoms with Gasteiger partial charge in [0, 0.05) is 0 Å². The maximum Gasteiger partial charge on any atom is 0.338 e. The number of ketones is 1. The summed E-state index contributed by atoms with van der Waals surface area (Å²) < 4.78 is 28.8. The Balaban J connectivity index is 1.56. The van der Waals surface area contributed by atoms with Gasteiger partial charge in [0.1, 0.15) is 12.7 Å². The van der Waals surface area contributed by atoms with E-state index in [4.69, 9.17) is 23.7 Å². The van der Waals surface area contributed by atoms with Crippen LogP contribution in [0.3, 0.4) is 0 Å². The van der Waals surface area contributed by atoms with Gasteiger partial charge in [0.15, 0.2) is 6.10 Å². The monoisotopic (exact) mass is 602 g/mol. The molecule has 0 bridgehead atoms. The van der Waals surface area contributed by atoms with Crippen molar-refractivity contribution in [1.82, 2.24) is 0 Å². The maximum atomic E-state index is 13.7. The summed E-state index contributed by atoms with van der Waals surface area (Å²) in [6.45, 7) is 1.98. The van der Waals surface area contributed by atoms with Crippen molar-refractivity contribution >= 4 is 23.7 Å². The van der Waals surface area contributed by atoms with Gasteiger partial charge in [0.05, 0.1) is 23.3 Å². The summed E-state index contributed by atoms with van der Waals surface area (Å²) in [4.78, 5) is 52.8. The fraction of sp³-hybridized carbons (Fsp3) is 0.371. The van der Waals surface area contributed by atoms with Gasteiger partial charge in [-0.15, -0.1) is 0 Å². The average molecular weight is 603 g/mol. The number of unbranched alkanes of at least 4 members (excludes halogenated alkanes) is 5. The molecule has 0 amide bonds. The van der Waals surface area contributed by atoms with Gasteiger partial charge in [0.25, 0.3) is 0 Å². The minimum atomic E-state index is -1.58. The fourth-order valence-electron chi connectivity index (χ4n) is 4.72.